The summed E-state index contributed by atoms with van der Waals surface area (Å²) < 4.78 is 62.9. The van der Waals surface area contributed by atoms with Gasteiger partial charge in [0.1, 0.15) is 146 Å². The lowest BCUT2D eigenvalue weighted by Crippen LogP contribution is -2.70. The highest BCUT2D eigenvalue weighted by Crippen LogP contribution is 2.37. The van der Waals surface area contributed by atoms with Gasteiger partial charge in [0.05, 0.1) is 39.6 Å². The van der Waals surface area contributed by atoms with Crippen LogP contribution in [-0.2, 0) is 61.7 Å². The first-order valence-electron chi connectivity index (χ1n) is 23.1. The van der Waals surface area contributed by atoms with Crippen LogP contribution in [-0.4, -0.2) is 327 Å². The van der Waals surface area contributed by atoms with E-state index in [-0.39, 0.29) is 0 Å². The minimum atomic E-state index is -2.33. The summed E-state index contributed by atoms with van der Waals surface area (Å²) in [5, 5.41) is 197. The van der Waals surface area contributed by atoms with Crippen LogP contribution >= 0.6 is 0 Å². The summed E-state index contributed by atoms with van der Waals surface area (Å²) in [5.74, 6) is -1.56. The number of hydrogen-bond donors (Lipinski definition) is 20. The molecule has 0 aromatic heterocycles. The van der Waals surface area contributed by atoms with Crippen molar-refractivity contribution in [3.05, 3.63) is 0 Å². The smallest absolute Gasteiger partial charge is 0.217 e. The molecule has 6 saturated heterocycles. The van der Waals surface area contributed by atoms with Crippen LogP contribution in [0.25, 0.3) is 0 Å². The predicted molar refractivity (Wildman–Crippen MR) is 222 cm³/mol. The molecular formula is C40H68N2O31. The Kier molecular flexibility index (Phi) is 21.3. The van der Waals surface area contributed by atoms with Gasteiger partial charge in [-0.25, -0.2) is 0 Å². The molecule has 0 bridgehead atoms. The summed E-state index contributed by atoms with van der Waals surface area (Å²) in [7, 11) is 0. The second kappa shape index (κ2) is 26.0. The molecule has 0 aromatic carbocycles. The van der Waals surface area contributed by atoms with Gasteiger partial charge < -0.3 is 155 Å². The Balaban J connectivity index is 1.31. The van der Waals surface area contributed by atoms with Gasteiger partial charge in [0.15, 0.2) is 37.7 Å². The molecule has 0 aromatic rings. The molecule has 30 atom stereocenters. The monoisotopic (exact) mass is 1070 g/mol. The maximum absolute atomic E-state index is 12.6. The molecule has 0 saturated carbocycles. The number of carbonyl (C=O) groups is 2. The van der Waals surface area contributed by atoms with Crippen molar-refractivity contribution in [2.75, 3.05) is 39.6 Å². The minimum absolute atomic E-state index is 0.720. The highest BCUT2D eigenvalue weighted by molar-refractivity contribution is 5.73. The first-order chi connectivity index (χ1) is 34.5. The van der Waals surface area contributed by atoms with Crippen molar-refractivity contribution >= 4 is 11.8 Å². The Morgan fingerprint density at radius 3 is 1.27 bits per heavy atom. The zero-order valence-electron chi connectivity index (χ0n) is 38.9. The molecular weight excluding hydrogens is 1000 g/mol. The molecule has 424 valence electrons. The quantitative estimate of drug-likeness (QED) is 0.0606. The molecule has 6 aliphatic rings. The summed E-state index contributed by atoms with van der Waals surface area (Å²) in [6.07, 6.45) is -54.2. The van der Waals surface area contributed by atoms with Crippen LogP contribution in [0.5, 0.6) is 0 Å². The van der Waals surface area contributed by atoms with E-state index < -0.39 is 236 Å². The van der Waals surface area contributed by atoms with Crippen LogP contribution in [0.1, 0.15) is 13.8 Å². The van der Waals surface area contributed by atoms with Crippen LogP contribution in [0, 0.1) is 0 Å². The van der Waals surface area contributed by atoms with Gasteiger partial charge in [0, 0.05) is 13.8 Å². The summed E-state index contributed by atoms with van der Waals surface area (Å²) in [6.45, 7) is -3.66. The van der Waals surface area contributed by atoms with Crippen LogP contribution in [0.2, 0.25) is 0 Å². The van der Waals surface area contributed by atoms with Crippen LogP contribution in [0.4, 0.5) is 0 Å². The van der Waals surface area contributed by atoms with Gasteiger partial charge in [-0.3, -0.25) is 9.59 Å². The van der Waals surface area contributed by atoms with Gasteiger partial charge in [-0.2, -0.15) is 0 Å². The number of carbonyl (C=O) groups excluding carboxylic acids is 2. The molecule has 6 rings (SSSR count). The number of aliphatic hydroxyl groups is 18. The van der Waals surface area contributed by atoms with Crippen molar-refractivity contribution in [3.8, 4) is 0 Å². The highest BCUT2D eigenvalue weighted by Gasteiger charge is 2.58. The van der Waals surface area contributed by atoms with Crippen LogP contribution in [0.15, 0.2) is 0 Å². The second-order valence-electron chi connectivity index (χ2n) is 18.3. The molecule has 20 N–H and O–H groups in total. The summed E-state index contributed by atoms with van der Waals surface area (Å²) in [5.41, 5.74) is 0. The minimum Gasteiger partial charge on any atom is -0.394 e. The van der Waals surface area contributed by atoms with Crippen LogP contribution < -0.4 is 10.6 Å². The van der Waals surface area contributed by atoms with E-state index in [0.717, 1.165) is 13.8 Å². The molecule has 0 radical (unpaired) electrons. The van der Waals surface area contributed by atoms with E-state index in [2.05, 4.69) is 10.6 Å². The van der Waals surface area contributed by atoms with E-state index in [9.17, 15) is 102 Å². The third kappa shape index (κ3) is 13.0. The van der Waals surface area contributed by atoms with Gasteiger partial charge in [-0.15, -0.1) is 0 Å². The van der Waals surface area contributed by atoms with E-state index >= 15 is 0 Å². The molecule has 0 aliphatic carbocycles. The molecule has 6 fully saturated rings. The number of aliphatic hydroxyl groups excluding tert-OH is 18. The first kappa shape index (κ1) is 60.0. The first-order valence-corrected chi connectivity index (χ1v) is 23.1. The van der Waals surface area contributed by atoms with Gasteiger partial charge in [-0.1, -0.05) is 0 Å². The summed E-state index contributed by atoms with van der Waals surface area (Å²) in [4.78, 5) is 24.5. The fourth-order valence-electron chi connectivity index (χ4n) is 9.20. The van der Waals surface area contributed by atoms with Crippen molar-refractivity contribution in [2.45, 2.75) is 198 Å². The predicted octanol–water partition coefficient (Wildman–Crippen LogP) is -13.8. The number of rotatable bonds is 18. The third-order valence-corrected chi connectivity index (χ3v) is 13.2. The van der Waals surface area contributed by atoms with E-state index in [1.807, 2.05) is 0 Å². The molecule has 33 heteroatoms. The Morgan fingerprint density at radius 1 is 0.356 bits per heavy atom. The van der Waals surface area contributed by atoms with Crippen molar-refractivity contribution in [2.24, 2.45) is 0 Å². The van der Waals surface area contributed by atoms with Crippen molar-refractivity contribution < 1.29 is 154 Å². The van der Waals surface area contributed by atoms with Crippen molar-refractivity contribution in [1.29, 1.82) is 0 Å². The lowest BCUT2D eigenvalue weighted by atomic mass is 9.94. The van der Waals surface area contributed by atoms with E-state index in [4.69, 9.17) is 52.1 Å². The number of ether oxygens (including phenoxy) is 11. The molecule has 0 spiro atoms. The van der Waals surface area contributed by atoms with Gasteiger partial charge in [0.25, 0.3) is 0 Å². The highest BCUT2D eigenvalue weighted by atomic mass is 16.8. The largest absolute Gasteiger partial charge is 0.394 e. The molecule has 6 heterocycles. The van der Waals surface area contributed by atoms with E-state index in [1.165, 1.54) is 0 Å². The molecule has 0 unspecified atom stereocenters. The van der Waals surface area contributed by atoms with Gasteiger partial charge in [0.2, 0.25) is 11.8 Å². The standard InChI is InChI=1S/C40H68N2O31/c1-9(48)41-17-23(54)31(14(6-46)64-35(17)62)70-36-18(42-10(2)49)24(55)32(15(7-47)68-36)71-39-30(61)33(22(53)16(69-39)8-63-37-28(59)25(56)19(50)11(3-43)65-37)72-40-34(27(58)21(52)13(5-45)67-40)73-38-29(60)26(57)20(51)12(4-44)66-38/h11-40,43-47,50-62H,3-8H2,1-2H3,(H,41,48)(H,42,49)/t11-,12-,13-,14-,15-,16-,17-,18-,19-,20-,21-,22-,23-,24-,25+,26+,27+,28+,29+,30+,31-,32-,33+,34+,35-,36+,37+,38+,39+,40-/m1/s1. The van der Waals surface area contributed by atoms with Crippen molar-refractivity contribution in [1.82, 2.24) is 10.6 Å². The Labute approximate surface area is 413 Å². The third-order valence-electron chi connectivity index (χ3n) is 13.2. The number of hydrogen-bond acceptors (Lipinski definition) is 31. The molecule has 2 amide bonds. The van der Waals surface area contributed by atoms with Crippen LogP contribution in [0.3, 0.4) is 0 Å². The van der Waals surface area contributed by atoms with Gasteiger partial charge in [-0.05, 0) is 0 Å². The normalized spacial score (nSPS) is 49.8. The fraction of sp³-hybridized carbons (Fsp3) is 0.950. The van der Waals surface area contributed by atoms with Gasteiger partial charge >= 0.3 is 0 Å². The zero-order chi connectivity index (χ0) is 53.9. The average Bonchev–Trinajstić information content (AvgIpc) is 3.35. The Morgan fingerprint density at radius 2 is 0.740 bits per heavy atom. The number of nitrogens with one attached hydrogen (secondary N) is 2. The zero-order valence-corrected chi connectivity index (χ0v) is 38.9. The van der Waals surface area contributed by atoms with Crippen molar-refractivity contribution in [3.63, 3.8) is 0 Å². The number of amides is 2. The maximum atomic E-state index is 12.6. The Bertz CT molecular complexity index is 1750. The average molecular weight is 1070 g/mol. The topological polar surface area (TPSA) is 524 Å². The fourth-order valence-corrected chi connectivity index (χ4v) is 9.20. The summed E-state index contributed by atoms with van der Waals surface area (Å²) in [6, 6.07) is -3.31. The summed E-state index contributed by atoms with van der Waals surface area (Å²) >= 11 is 0. The van der Waals surface area contributed by atoms with E-state index in [1.54, 1.807) is 0 Å². The van der Waals surface area contributed by atoms with E-state index in [0.29, 0.717) is 0 Å². The lowest BCUT2D eigenvalue weighted by Gasteiger charge is -2.50. The Hall–Kier alpha value is -2.22. The SMILES string of the molecule is CC(=O)N[C@@H]1[C@@H](O)[C@H](O[C@@H]2O[C@H](CO)[C@@H](O[C@@H]3O[C@H](CO[C@H]4O[C@H](CO)[C@@H](O)[C@H](O)[C@@H]4O)[C@@H](O)[C@H](O[C@H]4O[C@H](CO)[C@@H](O)[C@H](O)[C@@H]4O[C@@H]4O[C@H](CO)[C@@H](O)[C@H](O)[C@@H]4O)[C@@H]3O)[C@H](O)[C@H]2NC(C)=O)[C@@H](CO)O[C@H]1O. The molecule has 33 nitrogen and oxygen atoms in total. The molecule has 6 aliphatic heterocycles. The molecule has 73 heavy (non-hydrogen) atoms. The second-order valence-corrected chi connectivity index (χ2v) is 18.3. The maximum Gasteiger partial charge on any atom is 0.217 e. The lowest BCUT2D eigenvalue weighted by molar-refractivity contribution is -0.398.